The second-order valence-electron chi connectivity index (χ2n) is 8.65. The number of benzene rings is 3. The lowest BCUT2D eigenvalue weighted by atomic mass is 10.1. The first kappa shape index (κ1) is 30.0. The maximum Gasteiger partial charge on any atom is 0.270 e. The monoisotopic (exact) mass is 593 g/mol. The minimum atomic E-state index is -0.633. The molecule has 2 N–H and O–H groups in total. The van der Waals surface area contributed by atoms with E-state index in [9.17, 15) is 25.4 Å². The van der Waals surface area contributed by atoms with E-state index in [-0.39, 0.29) is 28.3 Å². The van der Waals surface area contributed by atoms with Crippen molar-refractivity contribution in [2.45, 2.75) is 5.16 Å². The number of ether oxygens (including phenoxy) is 2. The number of carbonyl (C=O) groups is 1. The van der Waals surface area contributed by atoms with Gasteiger partial charge in [-0.3, -0.25) is 14.9 Å². The topological polar surface area (TPSA) is 176 Å². The summed E-state index contributed by atoms with van der Waals surface area (Å²) in [5, 5.41) is 37.1. The van der Waals surface area contributed by atoms with Gasteiger partial charge in [-0.05, 0) is 48.2 Å². The molecule has 4 aromatic rings. The molecule has 0 aliphatic carbocycles. The highest BCUT2D eigenvalue weighted by Crippen LogP contribution is 2.32. The molecular formula is C30H23N7O5S. The first-order chi connectivity index (χ1) is 20.8. The van der Waals surface area contributed by atoms with Crippen LogP contribution in [0.1, 0.15) is 11.1 Å². The van der Waals surface area contributed by atoms with Crippen LogP contribution in [-0.4, -0.2) is 41.3 Å². The van der Waals surface area contributed by atoms with Crippen LogP contribution in [0.3, 0.4) is 0 Å². The number of aromatic nitrogens is 2. The summed E-state index contributed by atoms with van der Waals surface area (Å²) in [6.45, 7) is 0. The smallest absolute Gasteiger partial charge is 0.270 e. The van der Waals surface area contributed by atoms with Gasteiger partial charge in [0.05, 0.1) is 24.8 Å². The summed E-state index contributed by atoms with van der Waals surface area (Å²) in [5.74, 6) is 0.509. The minimum absolute atomic E-state index is 0.0809. The van der Waals surface area contributed by atoms with E-state index in [1.807, 2.05) is 6.07 Å². The van der Waals surface area contributed by atoms with Crippen LogP contribution in [0.15, 0.2) is 77.5 Å². The number of methoxy groups -OCH3 is 2. The van der Waals surface area contributed by atoms with E-state index in [4.69, 9.17) is 9.47 Å². The number of nitrogens with zero attached hydrogens (tertiary/aromatic N) is 5. The molecular weight excluding hydrogens is 570 g/mol. The largest absolute Gasteiger partial charge is 0.493 e. The fraction of sp³-hybridized carbons (Fsp3) is 0.100. The lowest BCUT2D eigenvalue weighted by molar-refractivity contribution is -0.384. The number of rotatable bonds is 10. The average molecular weight is 594 g/mol. The third-order valence-corrected chi connectivity index (χ3v) is 6.53. The maximum atomic E-state index is 13.0. The third-order valence-electron chi connectivity index (χ3n) is 5.98. The predicted octanol–water partition coefficient (Wildman–Crippen LogP) is 5.95. The predicted molar refractivity (Wildman–Crippen MR) is 162 cm³/mol. The molecule has 1 heterocycles. The molecule has 43 heavy (non-hydrogen) atoms. The molecule has 12 nitrogen and oxygen atoms in total. The van der Waals surface area contributed by atoms with Crippen LogP contribution < -0.4 is 20.1 Å². The summed E-state index contributed by atoms with van der Waals surface area (Å²) in [6, 6.07) is 21.5. The molecule has 0 radical (unpaired) electrons. The van der Waals surface area contributed by atoms with E-state index in [1.54, 1.807) is 54.8 Å². The summed E-state index contributed by atoms with van der Waals surface area (Å²) in [5.41, 5.74) is 1.84. The highest BCUT2D eigenvalue weighted by atomic mass is 32.2. The standard InChI is InChI=1S/C30H23N7O5S/c1-41-25-11-10-18(13-26(25)42-2)12-20(16-31)29(38)34-22-8-5-7-21(15-22)33-28-24(17-32)27(35-30(36-28)43-3)19-6-4-9-23(14-19)37(39)40/h4-15H,1-3H3,(H,34,38)(H,33,35,36)/b20-12+. The van der Waals surface area contributed by atoms with Crippen LogP contribution in [-0.2, 0) is 4.79 Å². The number of carbonyl (C=O) groups excluding carboxylic acids is 1. The van der Waals surface area contributed by atoms with Crippen LogP contribution in [0.4, 0.5) is 22.9 Å². The number of hydrogen-bond donors (Lipinski definition) is 2. The third kappa shape index (κ3) is 7.05. The number of anilines is 3. The fourth-order valence-corrected chi connectivity index (χ4v) is 4.34. The molecule has 0 saturated carbocycles. The van der Waals surface area contributed by atoms with Crippen molar-refractivity contribution in [1.29, 1.82) is 10.5 Å². The van der Waals surface area contributed by atoms with E-state index < -0.39 is 10.8 Å². The van der Waals surface area contributed by atoms with Gasteiger partial charge in [-0.15, -0.1) is 0 Å². The Morgan fingerprint density at radius 2 is 1.74 bits per heavy atom. The Balaban J connectivity index is 1.62. The number of nitrogens with one attached hydrogen (secondary N) is 2. The number of hydrogen-bond acceptors (Lipinski definition) is 11. The van der Waals surface area contributed by atoms with Crippen LogP contribution in [0.5, 0.6) is 11.5 Å². The van der Waals surface area contributed by atoms with Crippen molar-refractivity contribution in [1.82, 2.24) is 9.97 Å². The zero-order chi connectivity index (χ0) is 30.9. The van der Waals surface area contributed by atoms with Crippen molar-refractivity contribution in [3.63, 3.8) is 0 Å². The van der Waals surface area contributed by atoms with Gasteiger partial charge in [0.15, 0.2) is 22.5 Å². The van der Waals surface area contributed by atoms with E-state index in [2.05, 4.69) is 26.7 Å². The summed E-state index contributed by atoms with van der Waals surface area (Å²) in [6.07, 6.45) is 3.19. The zero-order valence-electron chi connectivity index (χ0n) is 23.1. The van der Waals surface area contributed by atoms with E-state index in [0.29, 0.717) is 39.2 Å². The van der Waals surface area contributed by atoms with Gasteiger partial charge < -0.3 is 20.1 Å². The molecule has 0 spiro atoms. The number of nitro benzene ring substituents is 1. The molecule has 0 aliphatic heterocycles. The second-order valence-corrected chi connectivity index (χ2v) is 9.42. The van der Waals surface area contributed by atoms with E-state index in [1.165, 1.54) is 50.3 Å². The molecule has 4 rings (SSSR count). The van der Waals surface area contributed by atoms with Crippen LogP contribution in [0.2, 0.25) is 0 Å². The van der Waals surface area contributed by atoms with Crippen molar-refractivity contribution >= 4 is 46.6 Å². The highest BCUT2D eigenvalue weighted by Gasteiger charge is 2.19. The van der Waals surface area contributed by atoms with Gasteiger partial charge in [0, 0.05) is 29.1 Å². The lowest BCUT2D eigenvalue weighted by Crippen LogP contribution is -2.13. The molecule has 0 unspecified atom stereocenters. The van der Waals surface area contributed by atoms with Gasteiger partial charge in [-0.1, -0.05) is 36.0 Å². The zero-order valence-corrected chi connectivity index (χ0v) is 23.9. The van der Waals surface area contributed by atoms with Crippen molar-refractivity contribution in [2.24, 2.45) is 0 Å². The van der Waals surface area contributed by atoms with Crippen molar-refractivity contribution in [2.75, 3.05) is 31.1 Å². The quantitative estimate of drug-likeness (QED) is 0.0554. The summed E-state index contributed by atoms with van der Waals surface area (Å²) < 4.78 is 10.5. The molecule has 0 fully saturated rings. The van der Waals surface area contributed by atoms with Crippen molar-refractivity contribution in [3.05, 3.63) is 93.5 Å². The highest BCUT2D eigenvalue weighted by molar-refractivity contribution is 7.98. The van der Waals surface area contributed by atoms with Crippen LogP contribution >= 0.6 is 11.8 Å². The summed E-state index contributed by atoms with van der Waals surface area (Å²) in [4.78, 5) is 32.6. The Morgan fingerprint density at radius 1 is 1.00 bits per heavy atom. The molecule has 0 atom stereocenters. The molecule has 3 aromatic carbocycles. The second kappa shape index (κ2) is 13.6. The normalized spacial score (nSPS) is 10.7. The number of nitro groups is 1. The average Bonchev–Trinajstić information content (AvgIpc) is 3.03. The Labute approximate surface area is 250 Å². The molecule has 13 heteroatoms. The van der Waals surface area contributed by atoms with Crippen LogP contribution in [0, 0.1) is 32.8 Å². The Bertz CT molecular complexity index is 1830. The fourth-order valence-electron chi connectivity index (χ4n) is 3.97. The summed E-state index contributed by atoms with van der Waals surface area (Å²) in [7, 11) is 3.00. The van der Waals surface area contributed by atoms with Gasteiger partial charge in [-0.25, -0.2) is 9.97 Å². The number of non-ortho nitro benzene ring substituents is 1. The van der Waals surface area contributed by atoms with Gasteiger partial charge >= 0.3 is 0 Å². The molecule has 1 amide bonds. The molecule has 214 valence electrons. The number of amides is 1. The van der Waals surface area contributed by atoms with Crippen LogP contribution in [0.25, 0.3) is 17.3 Å². The molecule has 0 bridgehead atoms. The van der Waals surface area contributed by atoms with Gasteiger partial charge in [-0.2, -0.15) is 10.5 Å². The van der Waals surface area contributed by atoms with Crippen molar-refractivity contribution in [3.8, 4) is 34.9 Å². The van der Waals surface area contributed by atoms with Crippen molar-refractivity contribution < 1.29 is 19.2 Å². The summed E-state index contributed by atoms with van der Waals surface area (Å²) >= 11 is 1.24. The first-order valence-electron chi connectivity index (χ1n) is 12.4. The minimum Gasteiger partial charge on any atom is -0.493 e. The van der Waals surface area contributed by atoms with Gasteiger partial charge in [0.25, 0.3) is 11.6 Å². The number of nitriles is 2. The number of thioether (sulfide) groups is 1. The first-order valence-corrected chi connectivity index (χ1v) is 13.7. The molecule has 0 aliphatic rings. The Morgan fingerprint density at radius 3 is 2.42 bits per heavy atom. The Hall–Kier alpha value is -5.92. The molecule has 1 aromatic heterocycles. The lowest BCUT2D eigenvalue weighted by Gasteiger charge is -2.13. The Kier molecular flexibility index (Phi) is 9.52. The SMILES string of the molecule is COc1ccc(/C=C(\C#N)C(=O)Nc2cccc(Nc3nc(SC)nc(-c4cccc([N+](=O)[O-])c4)c3C#N)c2)cc1OC. The van der Waals surface area contributed by atoms with Gasteiger partial charge in [0.1, 0.15) is 23.3 Å². The maximum absolute atomic E-state index is 13.0. The van der Waals surface area contributed by atoms with Gasteiger partial charge in [0.2, 0.25) is 0 Å². The van der Waals surface area contributed by atoms with E-state index in [0.717, 1.165) is 0 Å². The van der Waals surface area contributed by atoms with E-state index >= 15 is 0 Å². The molecule has 0 saturated heterocycles.